The van der Waals surface area contributed by atoms with E-state index in [2.05, 4.69) is 33.8 Å². The van der Waals surface area contributed by atoms with Crippen LogP contribution in [0.1, 0.15) is 5.56 Å². The number of pyridine rings is 1. The number of aryl methyl sites for hydroxylation is 1. The Hall–Kier alpha value is -2.22. The van der Waals surface area contributed by atoms with Crippen molar-refractivity contribution in [2.75, 3.05) is 31.1 Å². The van der Waals surface area contributed by atoms with Crippen LogP contribution in [0.15, 0.2) is 42.7 Å². The number of hydrogen-bond acceptors (Lipinski definition) is 5. The minimum absolute atomic E-state index is 0.695. The molecule has 1 aliphatic heterocycles. The van der Waals surface area contributed by atoms with Crippen molar-refractivity contribution in [3.63, 3.8) is 0 Å². The van der Waals surface area contributed by atoms with Crippen LogP contribution in [0.3, 0.4) is 0 Å². The molecule has 0 saturated carbocycles. The molecular formula is C20H23ClN6S. The molecule has 0 N–H and O–H groups in total. The summed E-state index contributed by atoms with van der Waals surface area (Å²) in [6.07, 6.45) is 3.54. The van der Waals surface area contributed by atoms with Crippen LogP contribution in [0.2, 0.25) is 5.02 Å². The molecule has 8 heteroatoms. The first-order chi connectivity index (χ1) is 13.5. The summed E-state index contributed by atoms with van der Waals surface area (Å²) in [6, 6.07) is 9.99. The predicted octanol–water partition coefficient (Wildman–Crippen LogP) is 3.75. The van der Waals surface area contributed by atoms with Gasteiger partial charge in [-0.1, -0.05) is 17.7 Å². The zero-order chi connectivity index (χ0) is 19.7. The van der Waals surface area contributed by atoms with Crippen molar-refractivity contribution in [3.8, 4) is 11.4 Å². The van der Waals surface area contributed by atoms with Gasteiger partial charge in [-0.3, -0.25) is 9.88 Å². The van der Waals surface area contributed by atoms with Crippen LogP contribution in [-0.2, 0) is 13.7 Å². The van der Waals surface area contributed by atoms with Crippen molar-refractivity contribution in [2.45, 2.75) is 13.6 Å². The van der Waals surface area contributed by atoms with Crippen LogP contribution in [0.4, 0.5) is 5.69 Å². The maximum atomic E-state index is 6.19. The number of halogens is 1. The van der Waals surface area contributed by atoms with Gasteiger partial charge in [0.2, 0.25) is 0 Å². The van der Waals surface area contributed by atoms with E-state index in [1.807, 2.05) is 34.5 Å². The molecule has 3 aromatic rings. The lowest BCUT2D eigenvalue weighted by molar-refractivity contribution is 0.194. The molecule has 6 nitrogen and oxygen atoms in total. The maximum absolute atomic E-state index is 6.19. The summed E-state index contributed by atoms with van der Waals surface area (Å²) < 4.78 is 4.58. The molecule has 2 aromatic heterocycles. The number of benzene rings is 1. The van der Waals surface area contributed by atoms with Crippen molar-refractivity contribution in [3.05, 3.63) is 58.1 Å². The molecule has 28 heavy (non-hydrogen) atoms. The molecule has 1 fully saturated rings. The first-order valence-corrected chi connectivity index (χ1v) is 10.1. The van der Waals surface area contributed by atoms with Crippen LogP contribution in [0, 0.1) is 11.7 Å². The second-order valence-corrected chi connectivity index (χ2v) is 7.88. The highest BCUT2D eigenvalue weighted by molar-refractivity contribution is 7.71. The summed E-state index contributed by atoms with van der Waals surface area (Å²) in [5.74, 6) is 0.862. The molecule has 3 heterocycles. The third-order valence-corrected chi connectivity index (χ3v) is 5.92. The van der Waals surface area contributed by atoms with E-state index >= 15 is 0 Å². The topological polar surface area (TPSA) is 42.1 Å². The van der Waals surface area contributed by atoms with Crippen LogP contribution < -0.4 is 4.90 Å². The lowest BCUT2D eigenvalue weighted by Gasteiger charge is -2.36. The Bertz CT molecular complexity index is 1020. The Morgan fingerprint density at radius 1 is 1.07 bits per heavy atom. The van der Waals surface area contributed by atoms with Gasteiger partial charge in [-0.05, 0) is 49.0 Å². The average Bonchev–Trinajstić information content (AvgIpc) is 3.00. The van der Waals surface area contributed by atoms with Crippen molar-refractivity contribution in [1.82, 2.24) is 24.2 Å². The second-order valence-electron chi connectivity index (χ2n) is 7.08. The van der Waals surface area contributed by atoms with Crippen molar-refractivity contribution >= 4 is 29.5 Å². The monoisotopic (exact) mass is 414 g/mol. The van der Waals surface area contributed by atoms with E-state index in [9.17, 15) is 0 Å². The van der Waals surface area contributed by atoms with Crippen LogP contribution in [0.5, 0.6) is 0 Å². The van der Waals surface area contributed by atoms with Gasteiger partial charge >= 0.3 is 0 Å². The molecule has 1 aliphatic rings. The number of nitrogens with zero attached hydrogens (tertiary/aromatic N) is 6. The van der Waals surface area contributed by atoms with Crippen molar-refractivity contribution in [1.29, 1.82) is 0 Å². The Labute approximate surface area is 175 Å². The number of rotatable bonds is 4. The van der Waals surface area contributed by atoms with E-state index in [1.165, 1.54) is 11.3 Å². The molecule has 0 atom stereocenters. The quantitative estimate of drug-likeness (QED) is 0.608. The molecule has 146 valence electrons. The number of anilines is 1. The number of piperazine rings is 1. The fraction of sp³-hybridized carbons (Fsp3) is 0.350. The molecule has 0 spiro atoms. The standard InChI is InChI=1S/C20H23ClN6S/c1-15-3-4-17(21)13-18(15)26-11-9-25(10-12-26)14-27-20(28)24(2)19(23-27)16-5-7-22-8-6-16/h3-8,13H,9-12,14H2,1-2H3. The molecule has 0 radical (unpaired) electrons. The summed E-state index contributed by atoms with van der Waals surface area (Å²) in [5.41, 5.74) is 3.50. The zero-order valence-corrected chi connectivity index (χ0v) is 17.6. The molecule has 1 aromatic carbocycles. The van der Waals surface area contributed by atoms with Crippen LogP contribution in [0.25, 0.3) is 11.4 Å². The van der Waals surface area contributed by atoms with E-state index in [1.54, 1.807) is 12.4 Å². The highest BCUT2D eigenvalue weighted by Gasteiger charge is 2.20. The second kappa shape index (κ2) is 8.03. The number of hydrogen-bond donors (Lipinski definition) is 0. The highest BCUT2D eigenvalue weighted by Crippen LogP contribution is 2.25. The van der Waals surface area contributed by atoms with Crippen molar-refractivity contribution < 1.29 is 0 Å². The van der Waals surface area contributed by atoms with E-state index in [-0.39, 0.29) is 0 Å². The Balaban J connectivity index is 1.46. The van der Waals surface area contributed by atoms with Gasteiger partial charge in [0.05, 0.1) is 6.67 Å². The highest BCUT2D eigenvalue weighted by atomic mass is 35.5. The Morgan fingerprint density at radius 2 is 1.79 bits per heavy atom. The van der Waals surface area contributed by atoms with Gasteiger partial charge in [0.15, 0.2) is 10.6 Å². The summed E-state index contributed by atoms with van der Waals surface area (Å²) in [6.45, 7) is 6.65. The summed E-state index contributed by atoms with van der Waals surface area (Å²) in [7, 11) is 1.96. The molecule has 0 aliphatic carbocycles. The minimum Gasteiger partial charge on any atom is -0.369 e. The first-order valence-electron chi connectivity index (χ1n) is 9.30. The van der Waals surface area contributed by atoms with Crippen molar-refractivity contribution in [2.24, 2.45) is 7.05 Å². The summed E-state index contributed by atoms with van der Waals surface area (Å²) in [4.78, 5) is 8.86. The minimum atomic E-state index is 0.695. The largest absolute Gasteiger partial charge is 0.369 e. The Morgan fingerprint density at radius 3 is 2.50 bits per heavy atom. The fourth-order valence-electron chi connectivity index (χ4n) is 3.58. The third kappa shape index (κ3) is 3.83. The lowest BCUT2D eigenvalue weighted by Crippen LogP contribution is -2.47. The molecule has 4 rings (SSSR count). The lowest BCUT2D eigenvalue weighted by atomic mass is 10.1. The Kier molecular flexibility index (Phi) is 5.48. The van der Waals surface area contributed by atoms with Gasteiger partial charge in [-0.15, -0.1) is 0 Å². The smallest absolute Gasteiger partial charge is 0.199 e. The first kappa shape index (κ1) is 19.1. The van der Waals surface area contributed by atoms with Gasteiger partial charge < -0.3 is 9.47 Å². The van der Waals surface area contributed by atoms with Gasteiger partial charge in [-0.25, -0.2) is 4.68 Å². The normalized spacial score (nSPS) is 15.2. The average molecular weight is 415 g/mol. The van der Waals surface area contributed by atoms with Gasteiger partial charge in [-0.2, -0.15) is 5.10 Å². The molecule has 0 unspecified atom stereocenters. The predicted molar refractivity (Wildman–Crippen MR) is 115 cm³/mol. The van der Waals surface area contributed by atoms with E-state index in [0.29, 0.717) is 6.67 Å². The molecular weight excluding hydrogens is 392 g/mol. The van der Waals surface area contributed by atoms with Crippen LogP contribution in [-0.4, -0.2) is 50.4 Å². The van der Waals surface area contributed by atoms with E-state index < -0.39 is 0 Å². The van der Waals surface area contributed by atoms with E-state index in [4.69, 9.17) is 28.9 Å². The van der Waals surface area contributed by atoms with Gasteiger partial charge in [0, 0.05) is 61.9 Å². The molecule has 1 saturated heterocycles. The molecule has 0 bridgehead atoms. The zero-order valence-electron chi connectivity index (χ0n) is 16.0. The fourth-order valence-corrected chi connectivity index (χ4v) is 3.93. The van der Waals surface area contributed by atoms with Crippen LogP contribution >= 0.6 is 23.8 Å². The molecule has 0 amide bonds. The van der Waals surface area contributed by atoms with E-state index in [0.717, 1.165) is 47.4 Å². The SMILES string of the molecule is Cc1ccc(Cl)cc1N1CCN(Cn2nc(-c3ccncc3)n(C)c2=S)CC1. The number of aromatic nitrogens is 4. The maximum Gasteiger partial charge on any atom is 0.199 e. The van der Waals surface area contributed by atoms with Gasteiger partial charge in [0.25, 0.3) is 0 Å². The summed E-state index contributed by atoms with van der Waals surface area (Å²) in [5, 5.41) is 5.54. The summed E-state index contributed by atoms with van der Waals surface area (Å²) >= 11 is 11.8. The third-order valence-electron chi connectivity index (χ3n) is 5.20. The van der Waals surface area contributed by atoms with Gasteiger partial charge in [0.1, 0.15) is 0 Å².